The first-order valence-electron chi connectivity index (χ1n) is 12.2. The lowest BCUT2D eigenvalue weighted by Gasteiger charge is -2.31. The number of alkyl carbamates (subject to hydrolysis) is 1. The second kappa shape index (κ2) is 11.3. The van der Waals surface area contributed by atoms with E-state index in [1.54, 1.807) is 18.7 Å². The number of ether oxygens (including phenoxy) is 2. The van der Waals surface area contributed by atoms with Crippen LogP contribution in [0.5, 0.6) is 5.75 Å². The van der Waals surface area contributed by atoms with Gasteiger partial charge in [0, 0.05) is 9.79 Å². The van der Waals surface area contributed by atoms with Crippen molar-refractivity contribution in [2.24, 2.45) is 0 Å². The number of amides is 1. The van der Waals surface area contributed by atoms with Gasteiger partial charge >= 0.3 is 6.09 Å². The second-order valence-electron chi connectivity index (χ2n) is 10.2. The zero-order chi connectivity index (χ0) is 26.5. The zero-order valence-corrected chi connectivity index (χ0v) is 22.5. The molecule has 1 unspecified atom stereocenters. The Labute approximate surface area is 222 Å². The molecule has 0 spiro atoms. The Morgan fingerprint density at radius 1 is 0.838 bits per heavy atom. The Morgan fingerprint density at radius 3 is 2.27 bits per heavy atom. The van der Waals surface area contributed by atoms with E-state index in [1.807, 2.05) is 69.3 Å². The van der Waals surface area contributed by atoms with Crippen LogP contribution in [0.1, 0.15) is 38.8 Å². The molecule has 0 aliphatic carbocycles. The topological polar surface area (TPSA) is 67.8 Å². The minimum absolute atomic E-state index is 0.256. The van der Waals surface area contributed by atoms with Gasteiger partial charge in [-0.1, -0.05) is 66.4 Å². The Kier molecular flexibility index (Phi) is 8.10. The zero-order valence-electron chi connectivity index (χ0n) is 21.7. The predicted molar refractivity (Wildman–Crippen MR) is 149 cm³/mol. The van der Waals surface area contributed by atoms with Crippen molar-refractivity contribution in [2.75, 3.05) is 6.61 Å². The summed E-state index contributed by atoms with van der Waals surface area (Å²) in [5.74, 6) is 0.833. The molecule has 0 bridgehead atoms. The molecule has 0 saturated carbocycles. The lowest BCUT2D eigenvalue weighted by Crippen LogP contribution is -2.48. The molecule has 192 valence electrons. The summed E-state index contributed by atoms with van der Waals surface area (Å²) in [6, 6.07) is 30.4. The van der Waals surface area contributed by atoms with Gasteiger partial charge in [-0.3, -0.25) is 0 Å². The Balaban J connectivity index is 1.47. The van der Waals surface area contributed by atoms with E-state index in [0.717, 1.165) is 37.4 Å². The van der Waals surface area contributed by atoms with Crippen LogP contribution in [-0.2, 0) is 16.9 Å². The quantitative estimate of drug-likeness (QED) is 0.258. The number of carbonyl (C=O) groups is 1. The standard InChI is InChI=1S/C31H33NO4S/c1-30(2,3)36-29(34)32-31(4,21-33)25-15-13-24-18-28(16-14-23(24)17-25)37-27-12-8-11-26(19-27)35-20-22-9-6-5-7-10-22/h5-19,33H,20-21H2,1-4H3,(H,32,34). The van der Waals surface area contributed by atoms with Gasteiger partial charge in [-0.2, -0.15) is 0 Å². The van der Waals surface area contributed by atoms with Gasteiger partial charge in [0.15, 0.2) is 0 Å². The Hall–Kier alpha value is -3.48. The van der Waals surface area contributed by atoms with E-state index in [9.17, 15) is 9.90 Å². The van der Waals surface area contributed by atoms with Crippen LogP contribution in [0, 0.1) is 0 Å². The van der Waals surface area contributed by atoms with Crippen molar-refractivity contribution in [2.45, 2.75) is 55.2 Å². The maximum Gasteiger partial charge on any atom is 0.408 e. The summed E-state index contributed by atoms with van der Waals surface area (Å²) in [4.78, 5) is 14.6. The minimum atomic E-state index is -0.968. The summed E-state index contributed by atoms with van der Waals surface area (Å²) >= 11 is 1.67. The summed E-state index contributed by atoms with van der Waals surface area (Å²) in [6.45, 7) is 7.49. The normalized spacial score (nSPS) is 13.1. The molecule has 0 heterocycles. The largest absolute Gasteiger partial charge is 0.489 e. The van der Waals surface area contributed by atoms with Gasteiger partial charge in [-0.25, -0.2) is 4.79 Å². The van der Waals surface area contributed by atoms with Gasteiger partial charge in [-0.05, 0) is 86.0 Å². The van der Waals surface area contributed by atoms with Crippen molar-refractivity contribution >= 4 is 28.6 Å². The summed E-state index contributed by atoms with van der Waals surface area (Å²) in [5.41, 5.74) is 0.348. The first-order valence-corrected chi connectivity index (χ1v) is 13.1. The summed E-state index contributed by atoms with van der Waals surface area (Å²) in [7, 11) is 0. The summed E-state index contributed by atoms with van der Waals surface area (Å²) in [6.07, 6.45) is -0.564. The van der Waals surface area contributed by atoms with Gasteiger partial charge in [0.25, 0.3) is 0 Å². The van der Waals surface area contributed by atoms with Crippen molar-refractivity contribution in [1.82, 2.24) is 5.32 Å². The van der Waals surface area contributed by atoms with Crippen molar-refractivity contribution < 1.29 is 19.4 Å². The summed E-state index contributed by atoms with van der Waals surface area (Å²) < 4.78 is 11.4. The minimum Gasteiger partial charge on any atom is -0.489 e. The smallest absolute Gasteiger partial charge is 0.408 e. The van der Waals surface area contributed by atoms with Crippen molar-refractivity contribution in [3.8, 4) is 5.75 Å². The fraction of sp³-hybridized carbons (Fsp3) is 0.258. The molecule has 37 heavy (non-hydrogen) atoms. The molecule has 0 aliphatic heterocycles. The number of carbonyl (C=O) groups excluding carboxylic acids is 1. The van der Waals surface area contributed by atoms with Gasteiger partial charge in [-0.15, -0.1) is 0 Å². The molecule has 5 nitrogen and oxygen atoms in total. The highest BCUT2D eigenvalue weighted by atomic mass is 32.2. The molecule has 0 radical (unpaired) electrons. The van der Waals surface area contributed by atoms with Gasteiger partial charge in [0.1, 0.15) is 18.0 Å². The van der Waals surface area contributed by atoms with Crippen LogP contribution in [0.4, 0.5) is 4.79 Å². The molecule has 4 rings (SSSR count). The molecule has 0 saturated heterocycles. The van der Waals surface area contributed by atoms with Crippen LogP contribution in [0.15, 0.2) is 101 Å². The third kappa shape index (κ3) is 7.28. The van der Waals surface area contributed by atoms with Crippen LogP contribution >= 0.6 is 11.8 Å². The van der Waals surface area contributed by atoms with Crippen molar-refractivity contribution in [1.29, 1.82) is 0 Å². The lowest BCUT2D eigenvalue weighted by atomic mass is 9.91. The van der Waals surface area contributed by atoms with Crippen LogP contribution < -0.4 is 10.1 Å². The van der Waals surface area contributed by atoms with Gasteiger partial charge in [0.05, 0.1) is 12.1 Å². The number of aliphatic hydroxyl groups excluding tert-OH is 1. The van der Waals surface area contributed by atoms with E-state index in [1.165, 1.54) is 0 Å². The van der Waals surface area contributed by atoms with Crippen LogP contribution in [0.2, 0.25) is 0 Å². The van der Waals surface area contributed by atoms with E-state index in [4.69, 9.17) is 9.47 Å². The van der Waals surface area contributed by atoms with Crippen molar-refractivity contribution in [3.63, 3.8) is 0 Å². The monoisotopic (exact) mass is 515 g/mol. The second-order valence-corrected chi connectivity index (χ2v) is 11.3. The fourth-order valence-corrected chi connectivity index (χ4v) is 4.78. The SMILES string of the molecule is CC(C)(C)OC(=O)NC(C)(CO)c1ccc2cc(Sc3cccc(OCc4ccccc4)c3)ccc2c1. The molecule has 1 atom stereocenters. The average molecular weight is 516 g/mol. The van der Waals surface area contributed by atoms with Crippen LogP contribution in [0.3, 0.4) is 0 Å². The first kappa shape index (κ1) is 26.6. The molecule has 4 aromatic carbocycles. The number of nitrogens with one attached hydrogen (secondary N) is 1. The fourth-order valence-electron chi connectivity index (χ4n) is 3.87. The highest BCUT2D eigenvalue weighted by Gasteiger charge is 2.30. The molecule has 0 aliphatic rings. The van der Waals surface area contributed by atoms with Gasteiger partial charge < -0.3 is 19.9 Å². The molecule has 0 fully saturated rings. The molecular formula is C31H33NO4S. The van der Waals surface area contributed by atoms with E-state index in [0.29, 0.717) is 6.61 Å². The number of hydrogen-bond donors (Lipinski definition) is 2. The van der Waals surface area contributed by atoms with Crippen LogP contribution in [0.25, 0.3) is 10.8 Å². The molecular weight excluding hydrogens is 482 g/mol. The highest BCUT2D eigenvalue weighted by molar-refractivity contribution is 7.99. The number of aliphatic hydroxyl groups is 1. The molecule has 2 N–H and O–H groups in total. The first-order chi connectivity index (χ1) is 17.6. The van der Waals surface area contributed by atoms with E-state index in [-0.39, 0.29) is 6.61 Å². The Morgan fingerprint density at radius 2 is 1.54 bits per heavy atom. The lowest BCUT2D eigenvalue weighted by molar-refractivity contribution is 0.0411. The predicted octanol–water partition coefficient (Wildman–Crippen LogP) is 7.30. The van der Waals surface area contributed by atoms with E-state index >= 15 is 0 Å². The third-order valence-electron chi connectivity index (χ3n) is 5.83. The average Bonchev–Trinajstić information content (AvgIpc) is 2.87. The number of hydrogen-bond acceptors (Lipinski definition) is 5. The highest BCUT2D eigenvalue weighted by Crippen LogP contribution is 2.33. The van der Waals surface area contributed by atoms with E-state index < -0.39 is 17.2 Å². The number of benzene rings is 4. The number of rotatable bonds is 8. The maximum atomic E-state index is 12.4. The maximum absolute atomic E-state index is 12.4. The van der Waals surface area contributed by atoms with Crippen molar-refractivity contribution in [3.05, 3.63) is 102 Å². The molecule has 0 aromatic heterocycles. The number of fused-ring (bicyclic) bond motifs is 1. The van der Waals surface area contributed by atoms with E-state index in [2.05, 4.69) is 47.8 Å². The summed E-state index contributed by atoms with van der Waals surface area (Å²) in [5, 5.41) is 15.0. The molecule has 1 amide bonds. The Bertz CT molecular complexity index is 1370. The third-order valence-corrected chi connectivity index (χ3v) is 6.81. The van der Waals surface area contributed by atoms with Crippen LogP contribution in [-0.4, -0.2) is 23.4 Å². The van der Waals surface area contributed by atoms with Gasteiger partial charge in [0.2, 0.25) is 0 Å². The molecule has 4 aromatic rings. The molecule has 6 heteroatoms.